The number of piperazine rings is 1. The summed E-state index contributed by atoms with van der Waals surface area (Å²) in [6.07, 6.45) is 3.53. The van der Waals surface area contributed by atoms with E-state index in [2.05, 4.69) is 30.3 Å². The Morgan fingerprint density at radius 3 is 2.93 bits per heavy atom. The topological polar surface area (TPSA) is 15.3 Å². The maximum Gasteiger partial charge on any atom is 0.0218 e. The first-order valence-electron chi connectivity index (χ1n) is 5.68. The quantitative estimate of drug-likeness (QED) is 0.704. The van der Waals surface area contributed by atoms with Gasteiger partial charge in [0.25, 0.3) is 0 Å². The van der Waals surface area contributed by atoms with Crippen LogP contribution in [0.1, 0.15) is 20.3 Å². The van der Waals surface area contributed by atoms with E-state index in [9.17, 15) is 0 Å². The van der Waals surface area contributed by atoms with Gasteiger partial charge >= 0.3 is 0 Å². The zero-order chi connectivity index (χ0) is 10.4. The smallest absolute Gasteiger partial charge is 0.0218 e. The summed E-state index contributed by atoms with van der Waals surface area (Å²) in [7, 11) is 0. The van der Waals surface area contributed by atoms with Gasteiger partial charge in [-0.1, -0.05) is 13.8 Å². The van der Waals surface area contributed by atoms with Crippen molar-refractivity contribution in [3.63, 3.8) is 0 Å². The van der Waals surface area contributed by atoms with E-state index in [0.717, 1.165) is 5.92 Å². The summed E-state index contributed by atoms with van der Waals surface area (Å²) in [5.74, 6) is 2.06. The van der Waals surface area contributed by atoms with Gasteiger partial charge in [0.15, 0.2) is 0 Å². The molecule has 1 fully saturated rings. The average Bonchev–Trinajstić information content (AvgIpc) is 2.19. The number of rotatable bonds is 5. The maximum atomic E-state index is 3.59. The van der Waals surface area contributed by atoms with Crippen molar-refractivity contribution in [1.29, 1.82) is 0 Å². The standard InChI is InChI=1S/C11H24N2S/c1-10(2)11-9-13(7-5-12-11)6-4-8-14-3/h10-12H,4-9H2,1-3H3. The van der Waals surface area contributed by atoms with Gasteiger partial charge in [-0.05, 0) is 30.9 Å². The molecule has 1 N–H and O–H groups in total. The summed E-state index contributed by atoms with van der Waals surface area (Å²) in [5.41, 5.74) is 0. The minimum atomic E-state index is 0.707. The fourth-order valence-electron chi connectivity index (χ4n) is 1.92. The maximum absolute atomic E-state index is 3.59. The Morgan fingerprint density at radius 1 is 1.50 bits per heavy atom. The fraction of sp³-hybridized carbons (Fsp3) is 1.00. The van der Waals surface area contributed by atoms with E-state index in [1.54, 1.807) is 0 Å². The predicted octanol–water partition coefficient (Wildman–Crippen LogP) is 1.67. The minimum Gasteiger partial charge on any atom is -0.311 e. The van der Waals surface area contributed by atoms with Crippen LogP contribution in [0.25, 0.3) is 0 Å². The summed E-state index contributed by atoms with van der Waals surface area (Å²) in [6, 6.07) is 0.707. The van der Waals surface area contributed by atoms with Crippen molar-refractivity contribution in [3.05, 3.63) is 0 Å². The predicted molar refractivity (Wildman–Crippen MR) is 66.1 cm³/mol. The molecular formula is C11H24N2S. The first-order valence-corrected chi connectivity index (χ1v) is 7.08. The van der Waals surface area contributed by atoms with Crippen LogP contribution in [0.15, 0.2) is 0 Å². The second kappa shape index (κ2) is 6.70. The molecule has 0 bridgehead atoms. The van der Waals surface area contributed by atoms with Gasteiger partial charge in [0, 0.05) is 25.7 Å². The highest BCUT2D eigenvalue weighted by Gasteiger charge is 2.20. The van der Waals surface area contributed by atoms with E-state index < -0.39 is 0 Å². The van der Waals surface area contributed by atoms with Crippen LogP contribution >= 0.6 is 11.8 Å². The molecule has 1 saturated heterocycles. The Bertz CT molecular complexity index is 150. The Hall–Kier alpha value is 0.270. The Kier molecular flexibility index (Phi) is 5.90. The summed E-state index contributed by atoms with van der Waals surface area (Å²) in [5, 5.41) is 3.59. The monoisotopic (exact) mass is 216 g/mol. The van der Waals surface area contributed by atoms with E-state index in [4.69, 9.17) is 0 Å². The van der Waals surface area contributed by atoms with Gasteiger partial charge in [0.1, 0.15) is 0 Å². The molecule has 0 amide bonds. The molecule has 0 aliphatic carbocycles. The van der Waals surface area contributed by atoms with Gasteiger partial charge in [-0.2, -0.15) is 11.8 Å². The van der Waals surface area contributed by atoms with Gasteiger partial charge in [-0.3, -0.25) is 0 Å². The Balaban J connectivity index is 2.19. The molecule has 1 aliphatic heterocycles. The second-order valence-electron chi connectivity index (χ2n) is 4.45. The van der Waals surface area contributed by atoms with E-state index in [1.165, 1.54) is 38.4 Å². The summed E-state index contributed by atoms with van der Waals surface area (Å²) in [4.78, 5) is 2.61. The lowest BCUT2D eigenvalue weighted by Crippen LogP contribution is -2.52. The third-order valence-electron chi connectivity index (χ3n) is 2.92. The fourth-order valence-corrected chi connectivity index (χ4v) is 2.34. The third kappa shape index (κ3) is 4.20. The van der Waals surface area contributed by atoms with Crippen molar-refractivity contribution < 1.29 is 0 Å². The van der Waals surface area contributed by atoms with Crippen LogP contribution in [-0.4, -0.2) is 49.1 Å². The van der Waals surface area contributed by atoms with E-state index >= 15 is 0 Å². The highest BCUT2D eigenvalue weighted by Crippen LogP contribution is 2.09. The van der Waals surface area contributed by atoms with Gasteiger partial charge in [0.05, 0.1) is 0 Å². The van der Waals surface area contributed by atoms with Crippen molar-refractivity contribution in [2.75, 3.05) is 38.2 Å². The second-order valence-corrected chi connectivity index (χ2v) is 5.44. The molecule has 1 atom stereocenters. The molecular weight excluding hydrogens is 192 g/mol. The van der Waals surface area contributed by atoms with Gasteiger partial charge in [-0.25, -0.2) is 0 Å². The first-order chi connectivity index (χ1) is 6.74. The van der Waals surface area contributed by atoms with Crippen LogP contribution in [0, 0.1) is 5.92 Å². The average molecular weight is 216 g/mol. The van der Waals surface area contributed by atoms with Crippen molar-refractivity contribution in [2.45, 2.75) is 26.3 Å². The lowest BCUT2D eigenvalue weighted by atomic mass is 10.0. The molecule has 0 aromatic heterocycles. The molecule has 1 unspecified atom stereocenters. The molecule has 0 aromatic carbocycles. The summed E-state index contributed by atoms with van der Waals surface area (Å²) in [6.45, 7) is 9.55. The number of nitrogens with one attached hydrogen (secondary N) is 1. The number of thioether (sulfide) groups is 1. The highest BCUT2D eigenvalue weighted by molar-refractivity contribution is 7.98. The number of nitrogens with zero attached hydrogens (tertiary/aromatic N) is 1. The lowest BCUT2D eigenvalue weighted by molar-refractivity contribution is 0.176. The molecule has 0 spiro atoms. The van der Waals surface area contributed by atoms with Crippen LogP contribution < -0.4 is 5.32 Å². The normalized spacial score (nSPS) is 24.4. The molecule has 1 aliphatic rings. The largest absolute Gasteiger partial charge is 0.311 e. The Morgan fingerprint density at radius 2 is 2.29 bits per heavy atom. The molecule has 1 rings (SSSR count). The van der Waals surface area contributed by atoms with Crippen LogP contribution in [0.4, 0.5) is 0 Å². The molecule has 1 heterocycles. The lowest BCUT2D eigenvalue weighted by Gasteiger charge is -2.35. The summed E-state index contributed by atoms with van der Waals surface area (Å²) >= 11 is 1.96. The highest BCUT2D eigenvalue weighted by atomic mass is 32.2. The first kappa shape index (κ1) is 12.3. The van der Waals surface area contributed by atoms with Crippen LogP contribution in [0.2, 0.25) is 0 Å². The van der Waals surface area contributed by atoms with Crippen LogP contribution in [0.5, 0.6) is 0 Å². The third-order valence-corrected chi connectivity index (χ3v) is 3.61. The molecule has 84 valence electrons. The number of hydrogen-bond donors (Lipinski definition) is 1. The molecule has 2 nitrogen and oxygen atoms in total. The molecule has 0 aromatic rings. The number of hydrogen-bond acceptors (Lipinski definition) is 3. The van der Waals surface area contributed by atoms with E-state index in [-0.39, 0.29) is 0 Å². The van der Waals surface area contributed by atoms with Crippen molar-refractivity contribution in [2.24, 2.45) is 5.92 Å². The molecule has 14 heavy (non-hydrogen) atoms. The van der Waals surface area contributed by atoms with Crippen LogP contribution in [-0.2, 0) is 0 Å². The molecule has 0 saturated carbocycles. The Labute approximate surface area is 92.8 Å². The van der Waals surface area contributed by atoms with Crippen LogP contribution in [0.3, 0.4) is 0 Å². The molecule has 3 heteroatoms. The minimum absolute atomic E-state index is 0.707. The van der Waals surface area contributed by atoms with Crippen molar-refractivity contribution >= 4 is 11.8 Å². The van der Waals surface area contributed by atoms with Gasteiger partial charge in [-0.15, -0.1) is 0 Å². The zero-order valence-electron chi connectivity index (χ0n) is 9.75. The van der Waals surface area contributed by atoms with E-state index in [1.807, 2.05) is 11.8 Å². The van der Waals surface area contributed by atoms with Crippen molar-refractivity contribution in [3.8, 4) is 0 Å². The van der Waals surface area contributed by atoms with Crippen molar-refractivity contribution in [1.82, 2.24) is 10.2 Å². The zero-order valence-corrected chi connectivity index (χ0v) is 10.6. The summed E-state index contributed by atoms with van der Waals surface area (Å²) < 4.78 is 0. The van der Waals surface area contributed by atoms with Gasteiger partial charge < -0.3 is 10.2 Å². The molecule has 0 radical (unpaired) electrons. The van der Waals surface area contributed by atoms with Gasteiger partial charge in [0.2, 0.25) is 0 Å². The SMILES string of the molecule is CSCCCN1CCNC(C(C)C)C1. The van der Waals surface area contributed by atoms with E-state index in [0.29, 0.717) is 6.04 Å².